The zero-order chi connectivity index (χ0) is 10.8. The lowest BCUT2D eigenvalue weighted by atomic mass is 9.97. The molecule has 1 N–H and O–H groups in total. The van der Waals surface area contributed by atoms with Crippen molar-refractivity contribution < 1.29 is 0 Å². The molecule has 2 heteroatoms. The Morgan fingerprint density at radius 3 is 2.80 bits per heavy atom. The Morgan fingerprint density at radius 1 is 1.47 bits per heavy atom. The van der Waals surface area contributed by atoms with E-state index in [-0.39, 0.29) is 0 Å². The fourth-order valence-electron chi connectivity index (χ4n) is 2.14. The van der Waals surface area contributed by atoms with Gasteiger partial charge in [-0.25, -0.2) is 0 Å². The number of rotatable bonds is 4. The summed E-state index contributed by atoms with van der Waals surface area (Å²) in [5.41, 5.74) is 2.61. The van der Waals surface area contributed by atoms with Crippen LogP contribution in [0, 0.1) is 12.8 Å². The van der Waals surface area contributed by atoms with E-state index < -0.39 is 0 Å². The average Bonchev–Trinajstić information content (AvgIpc) is 3.03. The molecule has 1 saturated carbocycles. The average molecular weight is 224 g/mol. The van der Waals surface area contributed by atoms with Crippen molar-refractivity contribution in [2.24, 2.45) is 5.92 Å². The maximum absolute atomic E-state index is 6.16. The summed E-state index contributed by atoms with van der Waals surface area (Å²) in [7, 11) is 0. The first kappa shape index (κ1) is 11.0. The standard InChI is InChI=1S/C13H18ClN/c1-3-15-13(10-7-8-10)11-5-4-6-12(14)9(11)2/h4-6,10,13,15H,3,7-8H2,1-2H3. The van der Waals surface area contributed by atoms with Gasteiger partial charge in [0.1, 0.15) is 0 Å². The van der Waals surface area contributed by atoms with Gasteiger partial charge in [0.25, 0.3) is 0 Å². The molecule has 0 saturated heterocycles. The molecule has 1 aliphatic rings. The summed E-state index contributed by atoms with van der Waals surface area (Å²) >= 11 is 6.16. The lowest BCUT2D eigenvalue weighted by Crippen LogP contribution is -2.23. The highest BCUT2D eigenvalue weighted by molar-refractivity contribution is 6.31. The molecule has 0 spiro atoms. The summed E-state index contributed by atoms with van der Waals surface area (Å²) in [6.45, 7) is 5.30. The van der Waals surface area contributed by atoms with Gasteiger partial charge in [0.15, 0.2) is 0 Å². The third-order valence-electron chi connectivity index (χ3n) is 3.16. The van der Waals surface area contributed by atoms with Gasteiger partial charge in [-0.05, 0) is 49.4 Å². The molecule has 15 heavy (non-hydrogen) atoms. The van der Waals surface area contributed by atoms with Crippen molar-refractivity contribution in [3.63, 3.8) is 0 Å². The van der Waals surface area contributed by atoms with Gasteiger partial charge in [-0.3, -0.25) is 0 Å². The molecule has 1 aromatic carbocycles. The van der Waals surface area contributed by atoms with Gasteiger partial charge in [-0.1, -0.05) is 30.7 Å². The van der Waals surface area contributed by atoms with Gasteiger partial charge >= 0.3 is 0 Å². The second-order valence-corrected chi connectivity index (χ2v) is 4.73. The summed E-state index contributed by atoms with van der Waals surface area (Å²) in [6.07, 6.45) is 2.70. The topological polar surface area (TPSA) is 12.0 Å². The van der Waals surface area contributed by atoms with Gasteiger partial charge in [0.05, 0.1) is 0 Å². The van der Waals surface area contributed by atoms with E-state index >= 15 is 0 Å². The minimum atomic E-state index is 0.508. The quantitative estimate of drug-likeness (QED) is 0.821. The summed E-state index contributed by atoms with van der Waals surface area (Å²) in [5.74, 6) is 0.821. The fourth-order valence-corrected chi connectivity index (χ4v) is 2.32. The minimum Gasteiger partial charge on any atom is -0.310 e. The van der Waals surface area contributed by atoms with Crippen LogP contribution in [0.1, 0.15) is 36.9 Å². The van der Waals surface area contributed by atoms with E-state index in [4.69, 9.17) is 11.6 Å². The summed E-state index contributed by atoms with van der Waals surface area (Å²) in [6, 6.07) is 6.73. The Balaban J connectivity index is 2.28. The van der Waals surface area contributed by atoms with E-state index in [0.29, 0.717) is 6.04 Å². The maximum Gasteiger partial charge on any atom is 0.0438 e. The minimum absolute atomic E-state index is 0.508. The van der Waals surface area contributed by atoms with Crippen LogP contribution < -0.4 is 5.32 Å². The molecule has 0 aliphatic heterocycles. The number of halogens is 1. The predicted molar refractivity (Wildman–Crippen MR) is 65.3 cm³/mol. The van der Waals surface area contributed by atoms with Crippen LogP contribution in [0.25, 0.3) is 0 Å². The van der Waals surface area contributed by atoms with E-state index in [0.717, 1.165) is 17.5 Å². The van der Waals surface area contributed by atoms with Crippen molar-refractivity contribution >= 4 is 11.6 Å². The monoisotopic (exact) mass is 223 g/mol. The van der Waals surface area contributed by atoms with Crippen molar-refractivity contribution in [2.75, 3.05) is 6.54 Å². The van der Waals surface area contributed by atoms with Crippen LogP contribution >= 0.6 is 11.6 Å². The van der Waals surface area contributed by atoms with Crippen LogP contribution in [0.5, 0.6) is 0 Å². The third-order valence-corrected chi connectivity index (χ3v) is 3.57. The van der Waals surface area contributed by atoms with Crippen LogP contribution in [-0.4, -0.2) is 6.54 Å². The van der Waals surface area contributed by atoms with Crippen molar-refractivity contribution in [3.8, 4) is 0 Å². The van der Waals surface area contributed by atoms with E-state index in [9.17, 15) is 0 Å². The van der Waals surface area contributed by atoms with Gasteiger partial charge in [0, 0.05) is 11.1 Å². The first-order valence-corrected chi connectivity index (χ1v) is 6.10. The Labute approximate surface area is 96.8 Å². The number of hydrogen-bond donors (Lipinski definition) is 1. The molecule has 0 aromatic heterocycles. The molecule has 0 bridgehead atoms. The molecule has 0 radical (unpaired) electrons. The molecule has 1 unspecified atom stereocenters. The summed E-state index contributed by atoms with van der Waals surface area (Å²) in [4.78, 5) is 0. The molecule has 1 nitrogen and oxygen atoms in total. The molecular formula is C13H18ClN. The van der Waals surface area contributed by atoms with Crippen LogP contribution in [0.15, 0.2) is 18.2 Å². The largest absolute Gasteiger partial charge is 0.310 e. The Kier molecular flexibility index (Phi) is 3.32. The number of benzene rings is 1. The van der Waals surface area contributed by atoms with Crippen molar-refractivity contribution in [2.45, 2.75) is 32.7 Å². The molecule has 2 rings (SSSR count). The number of hydrogen-bond acceptors (Lipinski definition) is 1. The van der Waals surface area contributed by atoms with Crippen LogP contribution in [0.3, 0.4) is 0 Å². The first-order valence-electron chi connectivity index (χ1n) is 5.72. The third kappa shape index (κ3) is 2.35. The number of nitrogens with one attached hydrogen (secondary N) is 1. The fraction of sp³-hybridized carbons (Fsp3) is 0.538. The normalized spacial score (nSPS) is 17.8. The molecule has 1 atom stereocenters. The second-order valence-electron chi connectivity index (χ2n) is 4.33. The highest BCUT2D eigenvalue weighted by Gasteiger charge is 2.32. The highest BCUT2D eigenvalue weighted by Crippen LogP contribution is 2.42. The van der Waals surface area contributed by atoms with Crippen molar-refractivity contribution in [1.29, 1.82) is 0 Å². The Hall–Kier alpha value is -0.530. The zero-order valence-electron chi connectivity index (χ0n) is 9.39. The molecule has 1 aliphatic carbocycles. The molecule has 0 heterocycles. The molecule has 1 aromatic rings. The van der Waals surface area contributed by atoms with Crippen LogP contribution in [0.4, 0.5) is 0 Å². The van der Waals surface area contributed by atoms with Crippen molar-refractivity contribution in [3.05, 3.63) is 34.3 Å². The Bertz CT molecular complexity index is 344. The van der Waals surface area contributed by atoms with E-state index in [1.807, 2.05) is 6.07 Å². The lowest BCUT2D eigenvalue weighted by molar-refractivity contribution is 0.494. The molecular weight excluding hydrogens is 206 g/mol. The summed E-state index contributed by atoms with van der Waals surface area (Å²) < 4.78 is 0. The summed E-state index contributed by atoms with van der Waals surface area (Å²) in [5, 5.41) is 4.46. The van der Waals surface area contributed by atoms with Crippen LogP contribution in [-0.2, 0) is 0 Å². The Morgan fingerprint density at radius 2 is 2.20 bits per heavy atom. The predicted octanol–water partition coefficient (Wildman–Crippen LogP) is 3.71. The van der Waals surface area contributed by atoms with Crippen LogP contribution in [0.2, 0.25) is 5.02 Å². The van der Waals surface area contributed by atoms with Gasteiger partial charge in [-0.15, -0.1) is 0 Å². The van der Waals surface area contributed by atoms with Gasteiger partial charge < -0.3 is 5.32 Å². The molecule has 0 amide bonds. The first-order chi connectivity index (χ1) is 7.24. The smallest absolute Gasteiger partial charge is 0.0438 e. The molecule has 1 fully saturated rings. The van der Waals surface area contributed by atoms with E-state index in [1.54, 1.807) is 0 Å². The zero-order valence-corrected chi connectivity index (χ0v) is 10.1. The van der Waals surface area contributed by atoms with E-state index in [1.165, 1.54) is 24.0 Å². The van der Waals surface area contributed by atoms with Gasteiger partial charge in [-0.2, -0.15) is 0 Å². The highest BCUT2D eigenvalue weighted by atomic mass is 35.5. The van der Waals surface area contributed by atoms with Gasteiger partial charge in [0.2, 0.25) is 0 Å². The maximum atomic E-state index is 6.16. The van der Waals surface area contributed by atoms with E-state index in [2.05, 4.69) is 31.3 Å². The molecule has 82 valence electrons. The van der Waals surface area contributed by atoms with Crippen molar-refractivity contribution in [1.82, 2.24) is 5.32 Å². The second kappa shape index (κ2) is 4.54. The lowest BCUT2D eigenvalue weighted by Gasteiger charge is -2.20. The SMILES string of the molecule is CCNC(c1cccc(Cl)c1C)C1CC1.